The molecule has 1 aliphatic rings. The molecule has 3 rings (SSSR count). The molecule has 0 aliphatic carbocycles. The summed E-state index contributed by atoms with van der Waals surface area (Å²) in [4.78, 5) is 12.2. The maximum atomic E-state index is 12.2. The Hall–Kier alpha value is -2.51. The molecule has 1 unspecified atom stereocenters. The Morgan fingerprint density at radius 1 is 1.20 bits per heavy atom. The molecule has 1 amide bonds. The zero-order valence-corrected chi connectivity index (χ0v) is 14.0. The number of nitrogens with one attached hydrogen (secondary N) is 1. The molecule has 1 atom stereocenters. The number of rotatable bonds is 3. The van der Waals surface area contributed by atoms with E-state index in [1.165, 1.54) is 24.3 Å². The maximum Gasteiger partial charge on any atom is 0.573 e. The Bertz CT molecular complexity index is 789. The normalized spacial score (nSPS) is 17.4. The highest BCUT2D eigenvalue weighted by atomic mass is 19.4. The van der Waals surface area contributed by atoms with Crippen LogP contribution in [-0.2, 0) is 16.6 Å². The van der Waals surface area contributed by atoms with Crippen LogP contribution in [0.3, 0.4) is 0 Å². The summed E-state index contributed by atoms with van der Waals surface area (Å²) >= 11 is 0. The van der Waals surface area contributed by atoms with Gasteiger partial charge in [0.1, 0.15) is 17.6 Å². The first-order chi connectivity index (χ1) is 11.5. The number of fused-ring (bicyclic) bond motifs is 1. The maximum absolute atomic E-state index is 12.2. The largest absolute Gasteiger partial charge is 0.573 e. The van der Waals surface area contributed by atoms with Crippen molar-refractivity contribution in [2.75, 3.05) is 5.32 Å². The summed E-state index contributed by atoms with van der Waals surface area (Å²) in [6.07, 6.45) is -4.39. The van der Waals surface area contributed by atoms with E-state index in [1.54, 1.807) is 4.68 Å². The highest BCUT2D eigenvalue weighted by molar-refractivity contribution is 5.97. The average molecular weight is 353 g/mol. The second-order valence-electron chi connectivity index (χ2n) is 7.01. The van der Waals surface area contributed by atoms with Crippen molar-refractivity contribution >= 4 is 11.7 Å². The summed E-state index contributed by atoms with van der Waals surface area (Å²) in [7, 11) is 0. The Labute approximate surface area is 142 Å². The molecule has 0 saturated heterocycles. The van der Waals surface area contributed by atoms with Crippen molar-refractivity contribution in [3.8, 4) is 5.75 Å². The Balaban J connectivity index is 1.78. The van der Waals surface area contributed by atoms with Crippen LogP contribution in [0.25, 0.3) is 0 Å². The van der Waals surface area contributed by atoms with Crippen LogP contribution in [0, 0.1) is 0 Å². The molecule has 1 aliphatic heterocycles. The van der Waals surface area contributed by atoms with E-state index in [-0.39, 0.29) is 17.1 Å². The lowest BCUT2D eigenvalue weighted by Crippen LogP contribution is -2.21. The fraction of sp³-hybridized carbons (Fsp3) is 0.412. The summed E-state index contributed by atoms with van der Waals surface area (Å²) in [5, 5.41) is 7.31. The van der Waals surface area contributed by atoms with Crippen molar-refractivity contribution in [3.63, 3.8) is 0 Å². The number of halogens is 3. The van der Waals surface area contributed by atoms with Gasteiger partial charge < -0.3 is 10.1 Å². The molecule has 134 valence electrons. The molecule has 1 aromatic heterocycles. The number of alkyl halides is 3. The number of aromatic nitrogens is 2. The number of ether oxygens (including phenoxy) is 1. The standard InChI is InChI=1S/C17H18F3N3O2/c1-16(2,3)13-9-14-21-15(24)12(23(14)22-13)8-10-4-6-11(7-5-10)25-17(18,19)20/h4-7,9,12H,8H2,1-3H3,(H,21,24). The van der Waals surface area contributed by atoms with E-state index in [9.17, 15) is 18.0 Å². The van der Waals surface area contributed by atoms with Crippen LogP contribution in [0.1, 0.15) is 38.1 Å². The zero-order chi connectivity index (χ0) is 18.4. The number of nitrogens with zero attached hydrogens (tertiary/aromatic N) is 2. The lowest BCUT2D eigenvalue weighted by atomic mass is 9.92. The second kappa shape index (κ2) is 5.79. The van der Waals surface area contributed by atoms with Gasteiger partial charge in [-0.3, -0.25) is 4.79 Å². The van der Waals surface area contributed by atoms with Crippen LogP contribution < -0.4 is 10.1 Å². The summed E-state index contributed by atoms with van der Waals surface area (Å²) in [5.74, 6) is 0.164. The fourth-order valence-corrected chi connectivity index (χ4v) is 2.64. The highest BCUT2D eigenvalue weighted by Crippen LogP contribution is 2.32. The van der Waals surface area contributed by atoms with Gasteiger partial charge in [0.2, 0.25) is 0 Å². The highest BCUT2D eigenvalue weighted by Gasteiger charge is 2.34. The molecule has 8 heteroatoms. The molecular formula is C17H18F3N3O2. The SMILES string of the molecule is CC(C)(C)c1cc2n(n1)C(Cc1ccc(OC(F)(F)F)cc1)C(=O)N2. The molecule has 1 N–H and O–H groups in total. The van der Waals surface area contributed by atoms with E-state index in [0.717, 1.165) is 11.3 Å². The van der Waals surface area contributed by atoms with Gasteiger partial charge in [-0.2, -0.15) is 5.10 Å². The number of anilines is 1. The van der Waals surface area contributed by atoms with Crippen LogP contribution in [0.5, 0.6) is 5.75 Å². The quantitative estimate of drug-likeness (QED) is 0.913. The number of hydrogen-bond donors (Lipinski definition) is 1. The Kier molecular flexibility index (Phi) is 4.01. The molecule has 0 bridgehead atoms. The van der Waals surface area contributed by atoms with Crippen LogP contribution in [0.2, 0.25) is 0 Å². The molecule has 2 aromatic rings. The predicted molar refractivity (Wildman–Crippen MR) is 85.4 cm³/mol. The number of amides is 1. The van der Waals surface area contributed by atoms with Gasteiger partial charge in [-0.05, 0) is 17.7 Å². The minimum absolute atomic E-state index is 0.150. The van der Waals surface area contributed by atoms with E-state index in [2.05, 4.69) is 15.2 Å². The molecule has 1 aromatic carbocycles. The van der Waals surface area contributed by atoms with Crippen LogP contribution >= 0.6 is 0 Å². The van der Waals surface area contributed by atoms with Crippen molar-refractivity contribution < 1.29 is 22.7 Å². The first kappa shape index (κ1) is 17.3. The summed E-state index contributed by atoms with van der Waals surface area (Å²) in [5.41, 5.74) is 1.43. The van der Waals surface area contributed by atoms with Gasteiger partial charge >= 0.3 is 6.36 Å². The van der Waals surface area contributed by atoms with Gasteiger partial charge in [-0.25, -0.2) is 4.68 Å². The molecule has 0 spiro atoms. The van der Waals surface area contributed by atoms with Gasteiger partial charge in [-0.15, -0.1) is 13.2 Å². The number of carbonyl (C=O) groups excluding carboxylic acids is 1. The minimum Gasteiger partial charge on any atom is -0.406 e. The van der Waals surface area contributed by atoms with E-state index in [0.29, 0.717) is 12.2 Å². The molecular weight excluding hydrogens is 335 g/mol. The molecule has 25 heavy (non-hydrogen) atoms. The van der Waals surface area contributed by atoms with Gasteiger partial charge in [0.15, 0.2) is 0 Å². The smallest absolute Gasteiger partial charge is 0.406 e. The molecule has 0 fully saturated rings. The van der Waals surface area contributed by atoms with Crippen LogP contribution in [0.15, 0.2) is 30.3 Å². The second-order valence-corrected chi connectivity index (χ2v) is 7.01. The van der Waals surface area contributed by atoms with Crippen molar-refractivity contribution in [1.29, 1.82) is 0 Å². The first-order valence-electron chi connectivity index (χ1n) is 7.78. The average Bonchev–Trinajstić information content (AvgIpc) is 2.99. The first-order valence-corrected chi connectivity index (χ1v) is 7.78. The summed E-state index contributed by atoms with van der Waals surface area (Å²) < 4.78 is 42.1. The predicted octanol–water partition coefficient (Wildman–Crippen LogP) is 3.82. The van der Waals surface area contributed by atoms with Gasteiger partial charge in [0, 0.05) is 17.9 Å². The molecule has 0 saturated carbocycles. The van der Waals surface area contributed by atoms with Gasteiger partial charge in [-0.1, -0.05) is 32.9 Å². The van der Waals surface area contributed by atoms with E-state index in [4.69, 9.17) is 0 Å². The van der Waals surface area contributed by atoms with Crippen LogP contribution in [-0.4, -0.2) is 22.1 Å². The number of carbonyl (C=O) groups is 1. The van der Waals surface area contributed by atoms with Crippen molar-refractivity contribution in [2.45, 2.75) is 45.0 Å². The van der Waals surface area contributed by atoms with Crippen molar-refractivity contribution in [1.82, 2.24) is 9.78 Å². The van der Waals surface area contributed by atoms with Gasteiger partial charge in [0.05, 0.1) is 5.69 Å². The summed E-state index contributed by atoms with van der Waals surface area (Å²) in [6, 6.07) is 6.82. The number of benzene rings is 1. The third-order valence-electron chi connectivity index (χ3n) is 3.94. The monoisotopic (exact) mass is 353 g/mol. The van der Waals surface area contributed by atoms with E-state index < -0.39 is 12.4 Å². The Morgan fingerprint density at radius 2 is 1.84 bits per heavy atom. The van der Waals surface area contributed by atoms with E-state index >= 15 is 0 Å². The topological polar surface area (TPSA) is 56.2 Å². The third-order valence-corrected chi connectivity index (χ3v) is 3.94. The fourth-order valence-electron chi connectivity index (χ4n) is 2.64. The van der Waals surface area contributed by atoms with Gasteiger partial charge in [0.25, 0.3) is 5.91 Å². The Morgan fingerprint density at radius 3 is 2.40 bits per heavy atom. The van der Waals surface area contributed by atoms with Crippen LogP contribution in [0.4, 0.5) is 19.0 Å². The summed E-state index contributed by atoms with van der Waals surface area (Å²) in [6.45, 7) is 6.09. The van der Waals surface area contributed by atoms with E-state index in [1.807, 2.05) is 26.8 Å². The van der Waals surface area contributed by atoms with Crippen molar-refractivity contribution in [2.24, 2.45) is 0 Å². The minimum atomic E-state index is -4.72. The molecule has 2 heterocycles. The zero-order valence-electron chi connectivity index (χ0n) is 14.0. The number of hydrogen-bond acceptors (Lipinski definition) is 3. The van der Waals surface area contributed by atoms with Crippen molar-refractivity contribution in [3.05, 3.63) is 41.6 Å². The third kappa shape index (κ3) is 3.78. The molecule has 5 nitrogen and oxygen atoms in total. The lowest BCUT2D eigenvalue weighted by Gasteiger charge is -2.16. The molecule has 0 radical (unpaired) electrons. The lowest BCUT2D eigenvalue weighted by molar-refractivity contribution is -0.274.